The largest absolute Gasteiger partial charge is 0.443 e. The van der Waals surface area contributed by atoms with Gasteiger partial charge in [0, 0.05) is 48.6 Å². The highest BCUT2D eigenvalue weighted by Gasteiger charge is 2.38. The lowest BCUT2D eigenvalue weighted by Crippen LogP contribution is -2.54. The molecule has 1 aromatic carbocycles. The van der Waals surface area contributed by atoms with Crippen LogP contribution < -0.4 is 10.6 Å². The van der Waals surface area contributed by atoms with Crippen LogP contribution in [0.4, 0.5) is 11.5 Å². The lowest BCUT2D eigenvalue weighted by Gasteiger charge is -2.41. The van der Waals surface area contributed by atoms with Crippen LogP contribution in [0.3, 0.4) is 0 Å². The smallest absolute Gasteiger partial charge is 0.226 e. The summed E-state index contributed by atoms with van der Waals surface area (Å²) >= 11 is 0. The first kappa shape index (κ1) is 18.7. The summed E-state index contributed by atoms with van der Waals surface area (Å²) in [6.07, 6.45) is 5.88. The number of hydrogen-bond donors (Lipinski definition) is 1. The average molecular weight is 418 g/mol. The number of pyridine rings is 1. The maximum absolute atomic E-state index is 12.6. The monoisotopic (exact) mass is 417 g/mol. The lowest BCUT2D eigenvalue weighted by molar-refractivity contribution is -0.134. The highest BCUT2D eigenvalue weighted by atomic mass is 16.3. The Morgan fingerprint density at radius 2 is 2.00 bits per heavy atom. The summed E-state index contributed by atoms with van der Waals surface area (Å²) in [4.78, 5) is 26.3. The van der Waals surface area contributed by atoms with E-state index >= 15 is 0 Å². The van der Waals surface area contributed by atoms with Crippen LogP contribution in [0, 0.1) is 5.92 Å². The predicted molar refractivity (Wildman–Crippen MR) is 120 cm³/mol. The standard InChI is InChI=1S/C24H27N5O2/c1-14-12-28(9-10-29(14)24(30)16-7-8-16)23-19(25)11-18(21(27-23)15-5-6-15)17-3-2-4-20-22(17)31-13-26-20/h2-4,11,13-16H,5-10,12,25H2,1H3/t14-/m1/s1. The zero-order valence-electron chi connectivity index (χ0n) is 17.8. The molecule has 2 aromatic heterocycles. The van der Waals surface area contributed by atoms with Gasteiger partial charge in [-0.3, -0.25) is 4.79 Å². The maximum Gasteiger partial charge on any atom is 0.226 e. The summed E-state index contributed by atoms with van der Waals surface area (Å²) in [5, 5.41) is 0. The van der Waals surface area contributed by atoms with Crippen LogP contribution >= 0.6 is 0 Å². The second kappa shape index (κ2) is 6.97. The fraction of sp³-hybridized carbons (Fsp3) is 0.458. The van der Waals surface area contributed by atoms with Crippen molar-refractivity contribution in [3.8, 4) is 11.1 Å². The molecular weight excluding hydrogens is 390 g/mol. The molecule has 3 aliphatic rings. The molecule has 2 N–H and O–H groups in total. The van der Waals surface area contributed by atoms with Gasteiger partial charge < -0.3 is 20.0 Å². The molecule has 2 saturated carbocycles. The Balaban J connectivity index is 1.35. The number of nitrogen functional groups attached to an aromatic ring is 1. The van der Waals surface area contributed by atoms with Crippen LogP contribution in [-0.2, 0) is 4.79 Å². The molecule has 0 bridgehead atoms. The molecule has 0 spiro atoms. The van der Waals surface area contributed by atoms with Crippen molar-refractivity contribution in [2.45, 2.75) is 44.6 Å². The summed E-state index contributed by atoms with van der Waals surface area (Å²) in [6.45, 7) is 4.39. The number of benzene rings is 1. The van der Waals surface area contributed by atoms with Crippen molar-refractivity contribution >= 4 is 28.5 Å². The van der Waals surface area contributed by atoms with Crippen LogP contribution in [0.2, 0.25) is 0 Å². The fourth-order valence-corrected chi connectivity index (χ4v) is 4.81. The van der Waals surface area contributed by atoms with E-state index in [-0.39, 0.29) is 12.0 Å². The van der Waals surface area contributed by atoms with Crippen LogP contribution in [0.5, 0.6) is 0 Å². The van der Waals surface area contributed by atoms with E-state index in [0.29, 0.717) is 17.5 Å². The molecule has 2 aliphatic carbocycles. The third-order valence-corrected chi connectivity index (χ3v) is 6.81. The Labute approximate surface area is 181 Å². The second-order valence-corrected chi connectivity index (χ2v) is 9.22. The van der Waals surface area contributed by atoms with Crippen LogP contribution in [0.25, 0.3) is 22.2 Å². The molecule has 3 aromatic rings. The molecule has 1 atom stereocenters. The number of para-hydroxylation sites is 1. The van der Waals surface area contributed by atoms with E-state index in [1.807, 2.05) is 17.0 Å². The number of rotatable bonds is 4. The molecular formula is C24H27N5O2. The molecule has 1 amide bonds. The van der Waals surface area contributed by atoms with Crippen molar-refractivity contribution < 1.29 is 9.21 Å². The summed E-state index contributed by atoms with van der Waals surface area (Å²) in [5.41, 5.74) is 12.0. The first-order valence-corrected chi connectivity index (χ1v) is 11.3. The Bertz CT molecular complexity index is 1160. The summed E-state index contributed by atoms with van der Waals surface area (Å²) in [6, 6.07) is 8.22. The third kappa shape index (κ3) is 3.23. The first-order valence-electron chi connectivity index (χ1n) is 11.3. The van der Waals surface area contributed by atoms with E-state index in [2.05, 4.69) is 28.9 Å². The molecule has 1 saturated heterocycles. The first-order chi connectivity index (χ1) is 15.1. The number of fused-ring (bicyclic) bond motifs is 1. The van der Waals surface area contributed by atoms with Crippen LogP contribution in [0.15, 0.2) is 35.1 Å². The van der Waals surface area contributed by atoms with Gasteiger partial charge in [-0.1, -0.05) is 12.1 Å². The number of nitrogens with two attached hydrogens (primary N) is 1. The van der Waals surface area contributed by atoms with E-state index in [1.165, 1.54) is 6.39 Å². The van der Waals surface area contributed by atoms with E-state index in [1.54, 1.807) is 0 Å². The number of hydrogen-bond acceptors (Lipinski definition) is 6. The van der Waals surface area contributed by atoms with Crippen molar-refractivity contribution in [1.82, 2.24) is 14.9 Å². The minimum atomic E-state index is 0.162. The van der Waals surface area contributed by atoms with Crippen molar-refractivity contribution in [3.63, 3.8) is 0 Å². The average Bonchev–Trinajstić information content (AvgIpc) is 3.70. The number of amides is 1. The number of nitrogens with zero attached hydrogens (tertiary/aromatic N) is 4. The minimum Gasteiger partial charge on any atom is -0.443 e. The fourth-order valence-electron chi connectivity index (χ4n) is 4.81. The van der Waals surface area contributed by atoms with Gasteiger partial charge in [0.2, 0.25) is 5.91 Å². The van der Waals surface area contributed by atoms with E-state index in [0.717, 1.165) is 79.1 Å². The van der Waals surface area contributed by atoms with Gasteiger partial charge >= 0.3 is 0 Å². The molecule has 6 rings (SSSR count). The van der Waals surface area contributed by atoms with E-state index < -0.39 is 0 Å². The Hall–Kier alpha value is -3.09. The quantitative estimate of drug-likeness (QED) is 0.695. The molecule has 3 heterocycles. The van der Waals surface area contributed by atoms with Crippen molar-refractivity contribution in [1.29, 1.82) is 0 Å². The van der Waals surface area contributed by atoms with Gasteiger partial charge in [0.15, 0.2) is 17.8 Å². The topological polar surface area (TPSA) is 88.5 Å². The number of aromatic nitrogens is 2. The number of piperazine rings is 1. The molecule has 3 fully saturated rings. The SMILES string of the molecule is C[C@@H]1CN(c2nc(C3CC3)c(-c3cccc4ncoc34)cc2N)CCN1C(=O)C1CC1. The van der Waals surface area contributed by atoms with Gasteiger partial charge in [0.05, 0.1) is 11.4 Å². The Morgan fingerprint density at radius 3 is 2.74 bits per heavy atom. The minimum absolute atomic E-state index is 0.162. The molecule has 7 nitrogen and oxygen atoms in total. The van der Waals surface area contributed by atoms with Crippen molar-refractivity contribution in [3.05, 3.63) is 36.4 Å². The molecule has 160 valence electrons. The molecule has 7 heteroatoms. The normalized spacial score (nSPS) is 21.6. The molecule has 0 radical (unpaired) electrons. The highest BCUT2D eigenvalue weighted by Crippen LogP contribution is 2.46. The number of carbonyl (C=O) groups is 1. The molecule has 31 heavy (non-hydrogen) atoms. The van der Waals surface area contributed by atoms with Gasteiger partial charge in [-0.2, -0.15) is 0 Å². The van der Waals surface area contributed by atoms with Gasteiger partial charge in [-0.05, 0) is 44.7 Å². The van der Waals surface area contributed by atoms with Gasteiger partial charge in [0.25, 0.3) is 0 Å². The van der Waals surface area contributed by atoms with E-state index in [4.69, 9.17) is 15.1 Å². The van der Waals surface area contributed by atoms with Crippen molar-refractivity contribution in [2.75, 3.05) is 30.3 Å². The lowest BCUT2D eigenvalue weighted by atomic mass is 9.99. The van der Waals surface area contributed by atoms with Gasteiger partial charge in [-0.25, -0.2) is 9.97 Å². The Morgan fingerprint density at radius 1 is 1.16 bits per heavy atom. The van der Waals surface area contributed by atoms with Gasteiger partial charge in [0.1, 0.15) is 5.52 Å². The van der Waals surface area contributed by atoms with Crippen LogP contribution in [-0.4, -0.2) is 46.5 Å². The molecule has 0 unspecified atom stereocenters. The summed E-state index contributed by atoms with van der Waals surface area (Å²) < 4.78 is 5.69. The summed E-state index contributed by atoms with van der Waals surface area (Å²) in [7, 11) is 0. The predicted octanol–water partition coefficient (Wildman–Crippen LogP) is 3.80. The number of oxazole rings is 1. The van der Waals surface area contributed by atoms with Crippen LogP contribution in [0.1, 0.15) is 44.2 Å². The summed E-state index contributed by atoms with van der Waals surface area (Å²) in [5.74, 6) is 1.89. The van der Waals surface area contributed by atoms with Gasteiger partial charge in [-0.15, -0.1) is 0 Å². The number of anilines is 2. The molecule has 1 aliphatic heterocycles. The Kier molecular flexibility index (Phi) is 4.20. The zero-order chi connectivity index (χ0) is 21.1. The third-order valence-electron chi connectivity index (χ3n) is 6.81. The highest BCUT2D eigenvalue weighted by molar-refractivity contribution is 5.92. The van der Waals surface area contributed by atoms with E-state index in [9.17, 15) is 4.79 Å². The zero-order valence-corrected chi connectivity index (χ0v) is 17.8. The second-order valence-electron chi connectivity index (χ2n) is 9.22. The van der Waals surface area contributed by atoms with Crippen molar-refractivity contribution in [2.24, 2.45) is 5.92 Å². The number of carbonyl (C=O) groups excluding carboxylic acids is 1. The maximum atomic E-state index is 12.6.